The topological polar surface area (TPSA) is 29.0 Å². The van der Waals surface area contributed by atoms with Gasteiger partial charge in [-0.05, 0) is 6.92 Å². The Hall–Kier alpha value is -0.620. The maximum atomic E-state index is 5.40. The Morgan fingerprint density at radius 1 is 1.89 bits per heavy atom. The van der Waals surface area contributed by atoms with Gasteiger partial charge in [0.15, 0.2) is 6.54 Å². The zero-order chi connectivity index (χ0) is 7.11. The number of nitrogens with two attached hydrogens (primary N) is 1. The SMILES string of the molecule is C#CCSC=[N+](N)CC. The van der Waals surface area contributed by atoms with Crippen molar-refractivity contribution >= 4 is 17.3 Å². The number of thioether (sulfide) groups is 1. The Morgan fingerprint density at radius 2 is 2.56 bits per heavy atom. The van der Waals surface area contributed by atoms with Crippen molar-refractivity contribution in [1.82, 2.24) is 0 Å². The van der Waals surface area contributed by atoms with E-state index in [2.05, 4.69) is 5.92 Å². The van der Waals surface area contributed by atoms with Crippen LogP contribution in [0.4, 0.5) is 0 Å². The summed E-state index contributed by atoms with van der Waals surface area (Å²) in [4.78, 5) is 0. The first-order valence-electron chi connectivity index (χ1n) is 2.71. The van der Waals surface area contributed by atoms with E-state index >= 15 is 0 Å². The normalized spacial score (nSPS) is 10.9. The molecule has 0 aromatic heterocycles. The van der Waals surface area contributed by atoms with Crippen molar-refractivity contribution in [2.24, 2.45) is 5.84 Å². The van der Waals surface area contributed by atoms with Crippen LogP contribution in [-0.4, -0.2) is 22.5 Å². The summed E-state index contributed by atoms with van der Waals surface area (Å²) in [7, 11) is 0. The highest BCUT2D eigenvalue weighted by Gasteiger charge is 1.88. The van der Waals surface area contributed by atoms with Crippen molar-refractivity contribution in [3.8, 4) is 12.3 Å². The van der Waals surface area contributed by atoms with Crippen LogP contribution in [0.1, 0.15) is 6.92 Å². The lowest BCUT2D eigenvalue weighted by Gasteiger charge is -1.85. The van der Waals surface area contributed by atoms with E-state index in [1.165, 1.54) is 11.8 Å². The van der Waals surface area contributed by atoms with Gasteiger partial charge in [-0.15, -0.1) is 11.1 Å². The van der Waals surface area contributed by atoms with Gasteiger partial charge in [0.25, 0.3) is 0 Å². The van der Waals surface area contributed by atoms with Crippen LogP contribution < -0.4 is 5.84 Å². The molecule has 0 unspecified atom stereocenters. The predicted octanol–water partition coefficient (Wildman–Crippen LogP) is 0.287. The highest BCUT2D eigenvalue weighted by molar-refractivity contribution is 8.12. The molecule has 0 aliphatic heterocycles. The molecule has 0 heterocycles. The monoisotopic (exact) mass is 143 g/mol. The molecular weight excluding hydrogens is 132 g/mol. The van der Waals surface area contributed by atoms with Crippen LogP contribution in [0.5, 0.6) is 0 Å². The number of hydrogen-bond donors (Lipinski definition) is 1. The maximum Gasteiger partial charge on any atom is 0.228 e. The van der Waals surface area contributed by atoms with E-state index in [1.54, 1.807) is 4.68 Å². The zero-order valence-corrected chi connectivity index (χ0v) is 6.32. The van der Waals surface area contributed by atoms with E-state index < -0.39 is 0 Å². The van der Waals surface area contributed by atoms with Gasteiger partial charge in [0.1, 0.15) is 0 Å². The van der Waals surface area contributed by atoms with Gasteiger partial charge in [0.2, 0.25) is 5.55 Å². The van der Waals surface area contributed by atoms with Crippen LogP contribution in [0.3, 0.4) is 0 Å². The first-order chi connectivity index (χ1) is 4.31. The number of hydrazone groups is 1. The molecule has 0 aromatic carbocycles. The zero-order valence-electron chi connectivity index (χ0n) is 5.50. The van der Waals surface area contributed by atoms with Crippen LogP contribution in [0.2, 0.25) is 0 Å². The molecule has 0 amide bonds. The second-order valence-corrected chi connectivity index (χ2v) is 2.28. The Morgan fingerprint density at radius 3 is 3.00 bits per heavy atom. The Bertz CT molecular complexity index is 134. The van der Waals surface area contributed by atoms with E-state index in [-0.39, 0.29) is 0 Å². The Balaban J connectivity index is 3.35. The smallest absolute Gasteiger partial charge is 0.210 e. The van der Waals surface area contributed by atoms with Crippen LogP contribution in [0.15, 0.2) is 0 Å². The summed E-state index contributed by atoms with van der Waals surface area (Å²) in [5.74, 6) is 8.59. The van der Waals surface area contributed by atoms with E-state index in [0.717, 1.165) is 6.54 Å². The molecule has 0 fully saturated rings. The van der Waals surface area contributed by atoms with Gasteiger partial charge in [0, 0.05) is 0 Å². The van der Waals surface area contributed by atoms with Crippen LogP contribution >= 0.6 is 11.8 Å². The standard InChI is InChI=1S/C6H11N2S/c1-3-5-9-6-8(7)4-2/h1,6H,4-5,7H2,2H3/q+1. The van der Waals surface area contributed by atoms with Crippen molar-refractivity contribution in [2.75, 3.05) is 12.3 Å². The van der Waals surface area contributed by atoms with Gasteiger partial charge >= 0.3 is 0 Å². The van der Waals surface area contributed by atoms with Crippen molar-refractivity contribution in [3.05, 3.63) is 0 Å². The first-order valence-corrected chi connectivity index (χ1v) is 3.76. The van der Waals surface area contributed by atoms with E-state index in [4.69, 9.17) is 12.3 Å². The summed E-state index contributed by atoms with van der Waals surface area (Å²) in [5, 5.41) is 0. The summed E-state index contributed by atoms with van der Waals surface area (Å²) < 4.78 is 1.60. The largest absolute Gasteiger partial charge is 0.228 e. The average molecular weight is 143 g/mol. The summed E-state index contributed by atoms with van der Waals surface area (Å²) >= 11 is 1.53. The molecule has 0 radical (unpaired) electrons. The average Bonchev–Trinajstić information content (AvgIpc) is 1.89. The lowest BCUT2D eigenvalue weighted by Crippen LogP contribution is -2.19. The van der Waals surface area contributed by atoms with Gasteiger partial charge in [-0.3, -0.25) is 0 Å². The number of hydrogen-bond acceptors (Lipinski definition) is 2. The predicted molar refractivity (Wildman–Crippen MR) is 42.3 cm³/mol. The van der Waals surface area contributed by atoms with Gasteiger partial charge in [-0.25, -0.2) is 5.84 Å². The van der Waals surface area contributed by atoms with E-state index in [9.17, 15) is 0 Å². The molecule has 0 bridgehead atoms. The minimum Gasteiger partial charge on any atom is -0.210 e. The third kappa shape index (κ3) is 5.25. The van der Waals surface area contributed by atoms with Crippen molar-refractivity contribution in [1.29, 1.82) is 0 Å². The van der Waals surface area contributed by atoms with Crippen LogP contribution in [0.25, 0.3) is 0 Å². The molecule has 0 saturated heterocycles. The van der Waals surface area contributed by atoms with Gasteiger partial charge in [-0.1, -0.05) is 17.7 Å². The molecule has 0 aliphatic carbocycles. The van der Waals surface area contributed by atoms with Gasteiger partial charge in [-0.2, -0.15) is 0 Å². The summed E-state index contributed by atoms with van der Waals surface area (Å²) in [6.45, 7) is 2.80. The van der Waals surface area contributed by atoms with E-state index in [0.29, 0.717) is 5.75 Å². The van der Waals surface area contributed by atoms with Crippen molar-refractivity contribution < 1.29 is 4.68 Å². The fourth-order valence-corrected chi connectivity index (χ4v) is 0.767. The summed E-state index contributed by atoms with van der Waals surface area (Å²) in [6, 6.07) is 0. The Kier molecular flexibility index (Phi) is 5.14. The number of nitrogens with zero attached hydrogens (tertiary/aromatic N) is 1. The summed E-state index contributed by atoms with van der Waals surface area (Å²) in [5.41, 5.74) is 1.82. The quantitative estimate of drug-likeness (QED) is 0.117. The Labute approximate surface area is 60.1 Å². The molecule has 0 saturated carbocycles. The number of rotatable bonds is 3. The first kappa shape index (κ1) is 8.38. The number of terminal acetylenes is 1. The molecule has 2 nitrogen and oxygen atoms in total. The molecule has 0 atom stereocenters. The minimum absolute atomic E-state index is 0.688. The van der Waals surface area contributed by atoms with Gasteiger partial charge in [0.05, 0.1) is 5.75 Å². The van der Waals surface area contributed by atoms with Gasteiger partial charge < -0.3 is 0 Å². The van der Waals surface area contributed by atoms with Crippen molar-refractivity contribution in [2.45, 2.75) is 6.92 Å². The molecule has 2 N–H and O–H groups in total. The fraction of sp³-hybridized carbons (Fsp3) is 0.500. The third-order valence-electron chi connectivity index (χ3n) is 0.742. The molecule has 50 valence electrons. The number of hydrazine groups is 1. The third-order valence-corrected chi connectivity index (χ3v) is 1.49. The minimum atomic E-state index is 0.688. The molecular formula is C6H11N2S+. The lowest BCUT2D eigenvalue weighted by molar-refractivity contribution is -0.529. The molecule has 0 rings (SSSR count). The molecule has 0 spiro atoms. The molecule has 0 aliphatic rings. The molecule has 3 heteroatoms. The van der Waals surface area contributed by atoms with E-state index in [1.807, 2.05) is 12.5 Å². The second-order valence-electron chi connectivity index (χ2n) is 1.45. The lowest BCUT2D eigenvalue weighted by atomic mass is 10.8. The second kappa shape index (κ2) is 5.52. The molecule has 0 aromatic rings. The van der Waals surface area contributed by atoms with Crippen molar-refractivity contribution in [3.63, 3.8) is 0 Å². The maximum absolute atomic E-state index is 5.40. The fourth-order valence-electron chi connectivity index (χ4n) is 0.256. The summed E-state index contributed by atoms with van der Waals surface area (Å²) in [6.07, 6.45) is 5.01. The van der Waals surface area contributed by atoms with Crippen LogP contribution in [-0.2, 0) is 0 Å². The van der Waals surface area contributed by atoms with Crippen LogP contribution in [0, 0.1) is 12.3 Å². The molecule has 9 heavy (non-hydrogen) atoms. The highest BCUT2D eigenvalue weighted by atomic mass is 32.2. The highest BCUT2D eigenvalue weighted by Crippen LogP contribution is 1.89.